The van der Waals surface area contributed by atoms with Gasteiger partial charge in [-0.15, -0.1) is 11.3 Å². The normalized spacial score (nSPS) is 27.0. The highest BCUT2D eigenvalue weighted by atomic mass is 35.5. The zero-order chi connectivity index (χ0) is 9.97. The fourth-order valence-corrected chi connectivity index (χ4v) is 2.90. The number of aliphatic hydroxyl groups is 1. The Morgan fingerprint density at radius 3 is 2.93 bits per heavy atom. The van der Waals surface area contributed by atoms with Crippen molar-refractivity contribution in [3.05, 3.63) is 21.3 Å². The van der Waals surface area contributed by atoms with Gasteiger partial charge >= 0.3 is 0 Å². The van der Waals surface area contributed by atoms with Crippen molar-refractivity contribution in [1.82, 2.24) is 5.32 Å². The van der Waals surface area contributed by atoms with Gasteiger partial charge in [0.2, 0.25) is 0 Å². The summed E-state index contributed by atoms with van der Waals surface area (Å²) in [7, 11) is 0. The second kappa shape index (κ2) is 4.62. The molecule has 2 rings (SSSR count). The maximum Gasteiger partial charge on any atom is 0.0931 e. The fraction of sp³-hybridized carbons (Fsp3) is 0.600. The average molecular weight is 232 g/mol. The van der Waals surface area contributed by atoms with E-state index in [9.17, 15) is 5.11 Å². The van der Waals surface area contributed by atoms with Gasteiger partial charge in [0.05, 0.1) is 10.4 Å². The Balaban J connectivity index is 1.82. The van der Waals surface area contributed by atoms with E-state index in [4.69, 9.17) is 11.6 Å². The lowest BCUT2D eigenvalue weighted by molar-refractivity contribution is 0.149. The Morgan fingerprint density at radius 2 is 2.36 bits per heavy atom. The number of hydrogen-bond donors (Lipinski definition) is 2. The maximum atomic E-state index is 9.59. The summed E-state index contributed by atoms with van der Waals surface area (Å²) in [6, 6.07) is 4.21. The van der Waals surface area contributed by atoms with Crippen LogP contribution in [0.3, 0.4) is 0 Å². The van der Waals surface area contributed by atoms with E-state index in [1.54, 1.807) is 11.3 Å². The molecule has 0 radical (unpaired) electrons. The third-order valence-corrected chi connectivity index (χ3v) is 3.88. The summed E-state index contributed by atoms with van der Waals surface area (Å²) >= 11 is 7.42. The second-order valence-electron chi connectivity index (χ2n) is 3.69. The van der Waals surface area contributed by atoms with Crippen molar-refractivity contribution in [2.75, 3.05) is 0 Å². The van der Waals surface area contributed by atoms with E-state index in [0.29, 0.717) is 0 Å². The summed E-state index contributed by atoms with van der Waals surface area (Å²) in [5.74, 6) is 0. The lowest BCUT2D eigenvalue weighted by Crippen LogP contribution is -2.34. The summed E-state index contributed by atoms with van der Waals surface area (Å²) in [6.45, 7) is 0.819. The highest BCUT2D eigenvalue weighted by Gasteiger charge is 2.24. The van der Waals surface area contributed by atoms with Gasteiger partial charge < -0.3 is 10.4 Å². The van der Waals surface area contributed by atoms with E-state index >= 15 is 0 Å². The van der Waals surface area contributed by atoms with Crippen LogP contribution >= 0.6 is 22.9 Å². The van der Waals surface area contributed by atoms with Crippen LogP contribution in [0.2, 0.25) is 4.34 Å². The van der Waals surface area contributed by atoms with Crippen LogP contribution < -0.4 is 5.32 Å². The predicted molar refractivity (Wildman–Crippen MR) is 59.8 cm³/mol. The van der Waals surface area contributed by atoms with E-state index in [2.05, 4.69) is 5.32 Å². The highest BCUT2D eigenvalue weighted by Crippen LogP contribution is 2.23. The van der Waals surface area contributed by atoms with E-state index < -0.39 is 0 Å². The minimum Gasteiger partial charge on any atom is -0.392 e. The first-order valence-corrected chi connectivity index (χ1v) is 6.11. The van der Waals surface area contributed by atoms with Crippen LogP contribution in [0.25, 0.3) is 0 Å². The molecule has 1 aliphatic carbocycles. The number of hydrogen-bond acceptors (Lipinski definition) is 3. The van der Waals surface area contributed by atoms with Crippen molar-refractivity contribution in [3.63, 3.8) is 0 Å². The summed E-state index contributed by atoms with van der Waals surface area (Å²) in [4.78, 5) is 1.23. The van der Waals surface area contributed by atoms with Crippen molar-refractivity contribution in [2.24, 2.45) is 0 Å². The lowest BCUT2D eigenvalue weighted by atomic mass is 10.2. The summed E-state index contributed by atoms with van der Waals surface area (Å²) in [6.07, 6.45) is 2.98. The van der Waals surface area contributed by atoms with E-state index in [-0.39, 0.29) is 12.1 Å². The van der Waals surface area contributed by atoms with Crippen LogP contribution in [0.4, 0.5) is 0 Å². The predicted octanol–water partition coefficient (Wildman–Crippen LogP) is 2.40. The lowest BCUT2D eigenvalue weighted by Gasteiger charge is -2.15. The van der Waals surface area contributed by atoms with E-state index in [1.807, 2.05) is 12.1 Å². The molecule has 0 bridgehead atoms. The fourth-order valence-electron chi connectivity index (χ4n) is 1.86. The highest BCUT2D eigenvalue weighted by molar-refractivity contribution is 7.16. The van der Waals surface area contributed by atoms with Crippen molar-refractivity contribution < 1.29 is 5.11 Å². The Bertz CT molecular complexity index is 302. The van der Waals surface area contributed by atoms with Gasteiger partial charge in [-0.05, 0) is 31.4 Å². The topological polar surface area (TPSA) is 32.3 Å². The molecule has 4 heteroatoms. The van der Waals surface area contributed by atoms with Crippen LogP contribution in [0.5, 0.6) is 0 Å². The Morgan fingerprint density at radius 1 is 1.50 bits per heavy atom. The quantitative estimate of drug-likeness (QED) is 0.838. The molecule has 2 nitrogen and oxygen atoms in total. The van der Waals surface area contributed by atoms with Gasteiger partial charge in [-0.3, -0.25) is 0 Å². The molecule has 1 aromatic heterocycles. The summed E-state index contributed by atoms with van der Waals surface area (Å²) < 4.78 is 0.828. The van der Waals surface area contributed by atoms with Crippen molar-refractivity contribution >= 4 is 22.9 Å². The van der Waals surface area contributed by atoms with Crippen LogP contribution in [-0.2, 0) is 6.54 Å². The van der Waals surface area contributed by atoms with Crippen molar-refractivity contribution in [2.45, 2.75) is 38.0 Å². The summed E-state index contributed by atoms with van der Waals surface area (Å²) in [5.41, 5.74) is 0. The molecule has 78 valence electrons. The molecular formula is C10H14ClNOS. The maximum absolute atomic E-state index is 9.59. The molecule has 2 N–H and O–H groups in total. The first-order valence-electron chi connectivity index (χ1n) is 4.91. The molecule has 0 unspecified atom stereocenters. The van der Waals surface area contributed by atoms with Gasteiger partial charge in [0.15, 0.2) is 0 Å². The molecule has 0 aliphatic heterocycles. The number of nitrogens with one attached hydrogen (secondary N) is 1. The van der Waals surface area contributed by atoms with E-state index in [1.165, 1.54) is 4.88 Å². The first-order chi connectivity index (χ1) is 6.75. The Labute approximate surface area is 92.9 Å². The number of aliphatic hydroxyl groups excluding tert-OH is 1. The minimum absolute atomic E-state index is 0.162. The molecule has 0 aromatic carbocycles. The van der Waals surface area contributed by atoms with Crippen LogP contribution in [0.15, 0.2) is 12.1 Å². The number of thiophene rings is 1. The average Bonchev–Trinajstić information content (AvgIpc) is 2.72. The molecule has 1 aliphatic rings. The molecule has 0 amide bonds. The van der Waals surface area contributed by atoms with Crippen LogP contribution in [-0.4, -0.2) is 17.3 Å². The molecule has 1 fully saturated rings. The van der Waals surface area contributed by atoms with Crippen LogP contribution in [0, 0.1) is 0 Å². The van der Waals surface area contributed by atoms with Gasteiger partial charge in [-0.25, -0.2) is 0 Å². The molecule has 0 saturated heterocycles. The smallest absolute Gasteiger partial charge is 0.0931 e. The zero-order valence-corrected chi connectivity index (χ0v) is 9.44. The van der Waals surface area contributed by atoms with Crippen molar-refractivity contribution in [1.29, 1.82) is 0 Å². The summed E-state index contributed by atoms with van der Waals surface area (Å²) in [5, 5.41) is 12.9. The Hall–Kier alpha value is -0.0900. The molecule has 14 heavy (non-hydrogen) atoms. The standard InChI is InChI=1S/C10H14ClNOS/c11-10-5-4-7(14-10)6-12-8-2-1-3-9(8)13/h4-5,8-9,12-13H,1-3,6H2/t8-,9-/m0/s1. The largest absolute Gasteiger partial charge is 0.392 e. The third-order valence-electron chi connectivity index (χ3n) is 2.65. The number of halogens is 1. The molecular weight excluding hydrogens is 218 g/mol. The minimum atomic E-state index is -0.162. The van der Waals surface area contributed by atoms with E-state index in [0.717, 1.165) is 30.1 Å². The molecule has 1 aromatic rings. The van der Waals surface area contributed by atoms with Crippen molar-refractivity contribution in [3.8, 4) is 0 Å². The van der Waals surface area contributed by atoms with Gasteiger partial charge in [0.25, 0.3) is 0 Å². The first kappa shape index (κ1) is 10.4. The zero-order valence-electron chi connectivity index (χ0n) is 7.87. The van der Waals surface area contributed by atoms with Gasteiger partial charge in [-0.1, -0.05) is 11.6 Å². The molecule has 1 saturated carbocycles. The molecule has 0 spiro atoms. The van der Waals surface area contributed by atoms with Gasteiger partial charge in [-0.2, -0.15) is 0 Å². The monoisotopic (exact) mass is 231 g/mol. The van der Waals surface area contributed by atoms with Crippen LogP contribution in [0.1, 0.15) is 24.1 Å². The molecule has 1 heterocycles. The SMILES string of the molecule is O[C@H]1CCC[C@@H]1NCc1ccc(Cl)s1. The Kier molecular flexibility index (Phi) is 3.44. The molecule has 2 atom stereocenters. The third kappa shape index (κ3) is 2.48. The van der Waals surface area contributed by atoms with Gasteiger partial charge in [0, 0.05) is 17.5 Å². The van der Waals surface area contributed by atoms with Gasteiger partial charge in [0.1, 0.15) is 0 Å². The second-order valence-corrected chi connectivity index (χ2v) is 5.49. The number of rotatable bonds is 3.